The van der Waals surface area contributed by atoms with Gasteiger partial charge in [-0.2, -0.15) is 94.3 Å². The molecular weight excluding hydrogens is 1710 g/mol. The van der Waals surface area contributed by atoms with Gasteiger partial charge in [0.05, 0.1) is 105 Å². The first-order valence-electron chi connectivity index (χ1n) is 39.9. The van der Waals surface area contributed by atoms with Gasteiger partial charge in [-0.25, -0.2) is 34.5 Å². The molecule has 0 radical (unpaired) electrons. The van der Waals surface area contributed by atoms with Crippen LogP contribution in [-0.4, -0.2) is 118 Å². The van der Waals surface area contributed by atoms with Gasteiger partial charge >= 0.3 is 60.2 Å². The standard InChI is InChI=1S/C35H34F6N4O4.2C26H28F6N4O3/c1-3-14-32(45-23-42-43-30(45)46)15-16-33(27-12-8-5-9-13-27,44(21-32)31(47)48-20-25-10-6-4-7-11-25)22-49-24(2)26-17-28(34(36,37)38)19-29(18-26)35(39,40)41;2*1-17(18-11-20(25(27,28)29)13-21(12-18)26(30,31)32)39-15-24(19-5-3-2-4-6-19)8-7-23(9-10-37,14-33-24)36-16-34-35-22(36)38/h3-13,17-19,23-24H,1,14-16,20-22H2,2H3,(H,43,46);2*2-6,11-13,16-17,33,37H,7-10,14-15H2,1H3,(H,35,38)/t24-,32+,33-;2*17-,23-,24-/m111/s1. The lowest BCUT2D eigenvalue weighted by Crippen LogP contribution is -2.63. The van der Waals surface area contributed by atoms with E-state index in [0.717, 1.165) is 11.1 Å². The highest BCUT2D eigenvalue weighted by Gasteiger charge is 2.55. The smallest absolute Gasteiger partial charge is 0.416 e. The molecule has 6 heterocycles. The van der Waals surface area contributed by atoms with Crippen molar-refractivity contribution in [1.82, 2.24) is 59.8 Å². The van der Waals surface area contributed by atoms with Gasteiger partial charge in [0, 0.05) is 32.8 Å². The second kappa shape index (κ2) is 38.8. The Labute approximate surface area is 713 Å². The quantitative estimate of drug-likeness (QED) is 0.0196. The number of likely N-dealkylation sites (tertiary alicyclic amines) is 1. The van der Waals surface area contributed by atoms with Gasteiger partial charge in [-0.05, 0) is 172 Å². The van der Waals surface area contributed by atoms with E-state index in [0.29, 0.717) is 73.2 Å². The molecule has 127 heavy (non-hydrogen) atoms. The Balaban J connectivity index is 0.000000187. The number of carbonyl (C=O) groups is 1. The largest absolute Gasteiger partial charge is 0.445 e. The van der Waals surface area contributed by atoms with Crippen LogP contribution in [0.5, 0.6) is 0 Å². The number of ether oxygens (including phenoxy) is 4. The zero-order chi connectivity index (χ0) is 92.4. The Morgan fingerprint density at radius 3 is 1.03 bits per heavy atom. The molecule has 3 fully saturated rings. The molecule has 9 atom stereocenters. The molecule has 0 saturated carbocycles. The minimum Gasteiger partial charge on any atom is -0.445 e. The van der Waals surface area contributed by atoms with Crippen LogP contribution in [0, 0.1) is 0 Å². The fraction of sp³-hybridized carbons (Fsp3) is 0.414. The molecule has 3 aliphatic heterocycles. The number of H-pyrrole nitrogens is 3. The van der Waals surface area contributed by atoms with Crippen molar-refractivity contribution in [1.29, 1.82) is 0 Å². The first kappa shape index (κ1) is 96.5. The van der Waals surface area contributed by atoms with Crippen LogP contribution >= 0.6 is 0 Å². The number of allylic oxidation sites excluding steroid dienone is 1. The number of aromatic amines is 3. The van der Waals surface area contributed by atoms with Gasteiger partial charge in [0.2, 0.25) is 0 Å². The summed E-state index contributed by atoms with van der Waals surface area (Å²) in [5, 5.41) is 44.8. The number of piperidine rings is 3. The van der Waals surface area contributed by atoms with Crippen molar-refractivity contribution in [3.8, 4) is 0 Å². The molecule has 3 saturated heterocycles. The molecule has 0 aliphatic carbocycles. The summed E-state index contributed by atoms with van der Waals surface area (Å²) in [7, 11) is 0. The molecule has 0 spiro atoms. The van der Waals surface area contributed by atoms with Crippen molar-refractivity contribution in [2.45, 2.75) is 174 Å². The maximum atomic E-state index is 14.2. The first-order valence-corrected chi connectivity index (χ1v) is 39.9. The lowest BCUT2D eigenvalue weighted by molar-refractivity contribution is -0.145. The number of benzene rings is 7. The number of aliphatic hydroxyl groups is 2. The van der Waals surface area contributed by atoms with E-state index in [1.54, 1.807) is 84.9 Å². The van der Waals surface area contributed by atoms with Crippen molar-refractivity contribution in [2.24, 2.45) is 0 Å². The van der Waals surface area contributed by atoms with Crippen LogP contribution in [0.2, 0.25) is 0 Å². The minimum atomic E-state index is -5.04. The van der Waals surface area contributed by atoms with E-state index < -0.39 is 145 Å². The van der Waals surface area contributed by atoms with Crippen molar-refractivity contribution >= 4 is 6.09 Å². The van der Waals surface area contributed by atoms with Crippen molar-refractivity contribution < 1.29 is 113 Å². The zero-order valence-corrected chi connectivity index (χ0v) is 68.3. The summed E-state index contributed by atoms with van der Waals surface area (Å²) in [6, 6.07) is 40.0. The van der Waals surface area contributed by atoms with Crippen molar-refractivity contribution in [3.63, 3.8) is 0 Å². The maximum Gasteiger partial charge on any atom is 0.416 e. The summed E-state index contributed by atoms with van der Waals surface area (Å²) >= 11 is 0. The Morgan fingerprint density at radius 2 is 0.740 bits per heavy atom. The van der Waals surface area contributed by atoms with Crippen LogP contribution in [0.15, 0.2) is 222 Å². The molecule has 7 N–H and O–H groups in total. The SMILES string of the molecule is C=CC[C@]1(n2cn[nH]c2=O)CC[C@@](CO[C@H](C)c2cc(C(F)(F)F)cc(C(F)(F)F)c2)(c2ccccc2)N(C(=O)OCc2ccccc2)C1.C[C@@H](OC[C@@]1(c2ccccc2)CC[C@](CCO)(n2cn[nH]c2=O)CN1)c1cc(C(F)(F)F)cc(C(F)(F)F)c1.C[C@@H](OC[C@@]1(c2ccccc2)CC[C@](CCO)(n2cn[nH]c2=O)CN1)c1cc(C(F)(F)F)cc(C(F)(F)F)c1. The van der Waals surface area contributed by atoms with E-state index in [1.165, 1.54) is 58.4 Å². The fourth-order valence-electron chi connectivity index (χ4n) is 16.5. The third-order valence-electron chi connectivity index (χ3n) is 23.7. The molecule has 10 aromatic rings. The van der Waals surface area contributed by atoms with E-state index in [-0.39, 0.29) is 126 Å². The molecule has 3 aromatic heterocycles. The topological polar surface area (TPSA) is 274 Å². The van der Waals surface area contributed by atoms with Crippen LogP contribution in [0.3, 0.4) is 0 Å². The number of alkyl halides is 18. The normalized spacial score (nSPS) is 22.1. The van der Waals surface area contributed by atoms with E-state index in [2.05, 4.69) is 47.8 Å². The number of aliphatic hydroxyl groups excluding tert-OH is 2. The van der Waals surface area contributed by atoms with Gasteiger partial charge in [0.15, 0.2) is 0 Å². The Morgan fingerprint density at radius 1 is 0.433 bits per heavy atom. The molecule has 7 aromatic carbocycles. The van der Waals surface area contributed by atoms with Crippen LogP contribution < -0.4 is 27.7 Å². The number of aromatic nitrogens is 9. The second-order valence-corrected chi connectivity index (χ2v) is 31.7. The second-order valence-electron chi connectivity index (χ2n) is 31.7. The molecule has 0 unspecified atom stereocenters. The minimum absolute atomic E-state index is 0.0598. The van der Waals surface area contributed by atoms with Gasteiger partial charge in [-0.15, -0.1) is 6.58 Å². The van der Waals surface area contributed by atoms with Gasteiger partial charge < -0.3 is 39.8 Å². The summed E-state index contributed by atoms with van der Waals surface area (Å²) in [5.41, 5.74) is -13.6. The number of amides is 1. The average molecular weight is 1810 g/mol. The molecule has 13 rings (SSSR count). The van der Waals surface area contributed by atoms with E-state index >= 15 is 0 Å². The molecular formula is C87H90F18N12O10. The van der Waals surface area contributed by atoms with Gasteiger partial charge in [0.25, 0.3) is 0 Å². The Kier molecular flexibility index (Phi) is 29.5. The Bertz CT molecular complexity index is 5190. The van der Waals surface area contributed by atoms with Gasteiger partial charge in [-0.1, -0.05) is 127 Å². The summed E-state index contributed by atoms with van der Waals surface area (Å²) in [4.78, 5) is 53.2. The molecule has 40 heteroatoms. The number of nitrogens with one attached hydrogen (secondary N) is 5. The summed E-state index contributed by atoms with van der Waals surface area (Å²) in [6.07, 6.45) is -25.7. The third kappa shape index (κ3) is 22.3. The number of nitrogens with zero attached hydrogens (tertiary/aromatic N) is 7. The fourth-order valence-corrected chi connectivity index (χ4v) is 16.5. The lowest BCUT2D eigenvalue weighted by atomic mass is 9.73. The lowest BCUT2D eigenvalue weighted by Gasteiger charge is -2.53. The van der Waals surface area contributed by atoms with Gasteiger partial charge in [-0.3, -0.25) is 18.6 Å². The monoisotopic (exact) mass is 1800 g/mol. The molecule has 22 nitrogen and oxygen atoms in total. The third-order valence-corrected chi connectivity index (χ3v) is 23.7. The van der Waals surface area contributed by atoms with Crippen LogP contribution in [0.4, 0.5) is 83.8 Å². The van der Waals surface area contributed by atoms with Crippen LogP contribution in [-0.2, 0) is 95.8 Å². The van der Waals surface area contributed by atoms with E-state index in [4.69, 9.17) is 18.9 Å². The number of rotatable bonds is 26. The number of hydrogen-bond acceptors (Lipinski definition) is 15. The Hall–Kier alpha value is -11.2. The first-order chi connectivity index (χ1) is 59.8. The van der Waals surface area contributed by atoms with Crippen molar-refractivity contribution in [2.75, 3.05) is 52.7 Å². The highest BCUT2D eigenvalue weighted by atomic mass is 19.4. The predicted octanol–water partition coefficient (Wildman–Crippen LogP) is 17.5. The summed E-state index contributed by atoms with van der Waals surface area (Å²) < 4.78 is 271. The predicted molar refractivity (Wildman–Crippen MR) is 425 cm³/mol. The van der Waals surface area contributed by atoms with E-state index in [9.17, 15) is 108 Å². The summed E-state index contributed by atoms with van der Waals surface area (Å²) in [6.45, 7) is 7.39. The number of hydrogen-bond donors (Lipinski definition) is 7. The van der Waals surface area contributed by atoms with E-state index in [1.807, 2.05) is 42.5 Å². The molecule has 684 valence electrons. The maximum absolute atomic E-state index is 14.2. The number of halogens is 18. The molecule has 3 aliphatic rings. The van der Waals surface area contributed by atoms with Crippen LogP contribution in [0.1, 0.15) is 169 Å². The molecule has 0 bridgehead atoms. The van der Waals surface area contributed by atoms with Gasteiger partial charge in [0.1, 0.15) is 25.6 Å². The highest BCUT2D eigenvalue weighted by molar-refractivity contribution is 5.70. The van der Waals surface area contributed by atoms with Crippen molar-refractivity contribution in [3.05, 3.63) is 311 Å². The summed E-state index contributed by atoms with van der Waals surface area (Å²) in [5.74, 6) is 0. The highest BCUT2D eigenvalue weighted by Crippen LogP contribution is 2.50. The average Bonchev–Trinajstić information content (AvgIpc) is 1.50. The van der Waals surface area contributed by atoms with Crippen LogP contribution in [0.25, 0.3) is 0 Å². The molecule has 1 amide bonds. The number of carbonyl (C=O) groups excluding carboxylic acids is 1. The zero-order valence-electron chi connectivity index (χ0n) is 68.3.